The van der Waals surface area contributed by atoms with Crippen LogP contribution < -0.4 is 10.2 Å². The zero-order chi connectivity index (χ0) is 23.7. The second-order valence-electron chi connectivity index (χ2n) is 8.69. The van der Waals surface area contributed by atoms with Crippen molar-refractivity contribution < 1.29 is 14.7 Å². The second kappa shape index (κ2) is 9.02. The number of anilines is 2. The molecule has 2 N–H and O–H groups in total. The first-order valence-corrected chi connectivity index (χ1v) is 11.5. The van der Waals surface area contributed by atoms with Gasteiger partial charge in [0, 0.05) is 30.4 Å². The van der Waals surface area contributed by atoms with Crippen LogP contribution in [0.4, 0.5) is 11.4 Å². The Morgan fingerprint density at radius 1 is 0.971 bits per heavy atom. The zero-order valence-electron chi connectivity index (χ0n) is 19.0. The molecule has 7 heteroatoms. The lowest BCUT2D eigenvalue weighted by molar-refractivity contribution is 0.0697. The van der Waals surface area contributed by atoms with E-state index in [0.717, 1.165) is 53.9 Å². The van der Waals surface area contributed by atoms with Crippen molar-refractivity contribution in [2.45, 2.75) is 26.2 Å². The Bertz CT molecular complexity index is 1370. The minimum absolute atomic E-state index is 0.170. The molecule has 3 aromatic carbocycles. The van der Waals surface area contributed by atoms with Crippen molar-refractivity contribution in [1.82, 2.24) is 9.78 Å². The molecular formula is C27H26N4O3. The van der Waals surface area contributed by atoms with Crippen molar-refractivity contribution in [3.05, 3.63) is 83.6 Å². The molecule has 172 valence electrons. The van der Waals surface area contributed by atoms with Crippen LogP contribution in [0.2, 0.25) is 0 Å². The summed E-state index contributed by atoms with van der Waals surface area (Å²) in [6.45, 7) is 3.74. The third-order valence-corrected chi connectivity index (χ3v) is 6.24. The fourth-order valence-electron chi connectivity index (χ4n) is 4.47. The minimum atomic E-state index is -0.974. The Labute approximate surface area is 197 Å². The molecule has 1 aliphatic heterocycles. The first kappa shape index (κ1) is 21.7. The molecule has 0 aliphatic carbocycles. The molecule has 0 unspecified atom stereocenters. The van der Waals surface area contributed by atoms with E-state index in [9.17, 15) is 14.7 Å². The molecule has 0 saturated carbocycles. The average molecular weight is 455 g/mol. The highest BCUT2D eigenvalue weighted by molar-refractivity contribution is 6.09. The van der Waals surface area contributed by atoms with Gasteiger partial charge in [-0.25, -0.2) is 9.48 Å². The normalized spacial score (nSPS) is 13.7. The largest absolute Gasteiger partial charge is 0.478 e. The van der Waals surface area contributed by atoms with Gasteiger partial charge in [0.05, 0.1) is 28.0 Å². The number of carboxylic acid groups (broad SMARTS) is 1. The summed E-state index contributed by atoms with van der Waals surface area (Å²) in [5, 5.41) is 17.8. The van der Waals surface area contributed by atoms with Crippen LogP contribution in [-0.2, 0) is 0 Å². The van der Waals surface area contributed by atoms with Gasteiger partial charge >= 0.3 is 5.97 Å². The Morgan fingerprint density at radius 2 is 1.74 bits per heavy atom. The van der Waals surface area contributed by atoms with Gasteiger partial charge in [0.2, 0.25) is 0 Å². The monoisotopic (exact) mass is 454 g/mol. The third-order valence-electron chi connectivity index (χ3n) is 6.24. The van der Waals surface area contributed by atoms with Gasteiger partial charge in [0.25, 0.3) is 5.91 Å². The molecule has 7 nitrogen and oxygen atoms in total. The number of carbonyl (C=O) groups is 2. The van der Waals surface area contributed by atoms with Crippen LogP contribution in [0.1, 0.15) is 45.5 Å². The molecule has 1 saturated heterocycles. The number of carbonyl (C=O) groups excluding carboxylic acids is 1. The highest BCUT2D eigenvalue weighted by atomic mass is 16.4. The maximum absolute atomic E-state index is 13.4. The van der Waals surface area contributed by atoms with Crippen molar-refractivity contribution >= 4 is 34.2 Å². The van der Waals surface area contributed by atoms with Gasteiger partial charge in [0.1, 0.15) is 0 Å². The van der Waals surface area contributed by atoms with Gasteiger partial charge in [0.15, 0.2) is 0 Å². The van der Waals surface area contributed by atoms with Gasteiger partial charge in [-0.3, -0.25) is 4.79 Å². The minimum Gasteiger partial charge on any atom is -0.478 e. The molecule has 1 aromatic heterocycles. The van der Waals surface area contributed by atoms with Gasteiger partial charge in [-0.1, -0.05) is 23.8 Å². The van der Waals surface area contributed by atoms with Crippen LogP contribution in [0.25, 0.3) is 16.6 Å². The molecule has 0 radical (unpaired) electrons. The molecule has 0 bridgehead atoms. The van der Waals surface area contributed by atoms with Gasteiger partial charge < -0.3 is 15.3 Å². The molecule has 5 rings (SSSR count). The number of fused-ring (bicyclic) bond motifs is 1. The predicted octanol–water partition coefficient (Wildman–Crippen LogP) is 5.27. The number of nitrogens with one attached hydrogen (secondary N) is 1. The number of nitrogens with zero attached hydrogens (tertiary/aromatic N) is 3. The van der Waals surface area contributed by atoms with Crippen molar-refractivity contribution in [2.24, 2.45) is 0 Å². The third kappa shape index (κ3) is 4.24. The summed E-state index contributed by atoms with van der Waals surface area (Å²) in [6.07, 6.45) is 5.13. The zero-order valence-corrected chi connectivity index (χ0v) is 19.0. The number of amides is 1. The van der Waals surface area contributed by atoms with Gasteiger partial charge in [-0.15, -0.1) is 0 Å². The van der Waals surface area contributed by atoms with E-state index >= 15 is 0 Å². The predicted molar refractivity (Wildman–Crippen MR) is 133 cm³/mol. The summed E-state index contributed by atoms with van der Waals surface area (Å²) in [4.78, 5) is 27.1. The van der Waals surface area contributed by atoms with E-state index in [1.165, 1.54) is 6.42 Å². The number of hydrogen-bond donors (Lipinski definition) is 2. The molecule has 2 heterocycles. The number of para-hydroxylation sites is 1. The number of benzene rings is 3. The average Bonchev–Trinajstić information content (AvgIpc) is 3.29. The molecule has 0 spiro atoms. The number of aryl methyl sites for hydroxylation is 1. The first-order chi connectivity index (χ1) is 16.5. The van der Waals surface area contributed by atoms with Crippen LogP contribution in [0, 0.1) is 6.92 Å². The van der Waals surface area contributed by atoms with E-state index in [4.69, 9.17) is 5.10 Å². The Balaban J connectivity index is 1.59. The maximum atomic E-state index is 13.4. The quantitative estimate of drug-likeness (QED) is 0.429. The van der Waals surface area contributed by atoms with Crippen LogP contribution in [0.5, 0.6) is 0 Å². The fraction of sp³-hybridized carbons (Fsp3) is 0.222. The number of aromatic nitrogens is 2. The van der Waals surface area contributed by atoms with Crippen LogP contribution >= 0.6 is 0 Å². The standard InChI is InChI=1S/C27H26N4O3/c1-18-8-11-21(12-9-18)28-26(32)22-6-5-7-24(25(22)30-14-3-2-4-15-30)31-17-20-16-19(27(33)34)10-13-23(20)29-31/h5-13,16-17H,2-4,14-15H2,1H3,(H,28,32)(H,33,34). The first-order valence-electron chi connectivity index (χ1n) is 11.5. The molecule has 0 atom stereocenters. The number of carboxylic acids is 1. The highest BCUT2D eigenvalue weighted by Crippen LogP contribution is 2.32. The smallest absolute Gasteiger partial charge is 0.335 e. The van der Waals surface area contributed by atoms with E-state index in [0.29, 0.717) is 11.1 Å². The summed E-state index contributed by atoms with van der Waals surface area (Å²) in [5.41, 5.74) is 5.02. The van der Waals surface area contributed by atoms with Crippen LogP contribution in [0.3, 0.4) is 0 Å². The molecule has 1 amide bonds. The van der Waals surface area contributed by atoms with Gasteiger partial charge in [-0.2, -0.15) is 5.10 Å². The highest BCUT2D eigenvalue weighted by Gasteiger charge is 2.23. The van der Waals surface area contributed by atoms with E-state index in [-0.39, 0.29) is 11.5 Å². The lowest BCUT2D eigenvalue weighted by Gasteiger charge is -2.32. The second-order valence-corrected chi connectivity index (χ2v) is 8.69. The summed E-state index contributed by atoms with van der Waals surface area (Å²) in [7, 11) is 0. The fourth-order valence-corrected chi connectivity index (χ4v) is 4.47. The maximum Gasteiger partial charge on any atom is 0.335 e. The van der Waals surface area contributed by atoms with Crippen molar-refractivity contribution in [3.8, 4) is 5.69 Å². The topological polar surface area (TPSA) is 87.5 Å². The number of aromatic carboxylic acids is 1. The number of rotatable bonds is 5. The van der Waals surface area contributed by atoms with Crippen LogP contribution in [0.15, 0.2) is 66.9 Å². The molecule has 1 fully saturated rings. The molecule has 34 heavy (non-hydrogen) atoms. The molecule has 1 aliphatic rings. The van der Waals surface area contributed by atoms with E-state index < -0.39 is 5.97 Å². The summed E-state index contributed by atoms with van der Waals surface area (Å²) in [5.74, 6) is -1.14. The lowest BCUT2D eigenvalue weighted by Crippen LogP contribution is -2.32. The van der Waals surface area contributed by atoms with Crippen molar-refractivity contribution in [2.75, 3.05) is 23.3 Å². The van der Waals surface area contributed by atoms with Crippen molar-refractivity contribution in [3.63, 3.8) is 0 Å². The molecular weight excluding hydrogens is 428 g/mol. The summed E-state index contributed by atoms with van der Waals surface area (Å²) in [6, 6.07) is 18.3. The SMILES string of the molecule is Cc1ccc(NC(=O)c2cccc(-n3cc4cc(C(=O)O)ccc4n3)c2N2CCCCC2)cc1. The Kier molecular flexibility index (Phi) is 5.76. The van der Waals surface area contributed by atoms with E-state index in [2.05, 4.69) is 10.2 Å². The number of hydrogen-bond acceptors (Lipinski definition) is 4. The lowest BCUT2D eigenvalue weighted by atomic mass is 10.0. The van der Waals surface area contributed by atoms with Crippen LogP contribution in [-0.4, -0.2) is 39.9 Å². The van der Waals surface area contributed by atoms with Gasteiger partial charge in [-0.05, 0) is 68.7 Å². The Morgan fingerprint density at radius 3 is 2.47 bits per heavy atom. The summed E-state index contributed by atoms with van der Waals surface area (Å²) >= 11 is 0. The van der Waals surface area contributed by atoms with E-state index in [1.807, 2.05) is 55.6 Å². The molecule has 4 aromatic rings. The van der Waals surface area contributed by atoms with Crippen molar-refractivity contribution in [1.29, 1.82) is 0 Å². The van der Waals surface area contributed by atoms with E-state index in [1.54, 1.807) is 22.9 Å². The number of piperidine rings is 1. The summed E-state index contributed by atoms with van der Waals surface area (Å²) < 4.78 is 1.75. The Hall–Kier alpha value is -4.13.